The lowest BCUT2D eigenvalue weighted by Crippen LogP contribution is -2.49. The van der Waals surface area contributed by atoms with Gasteiger partial charge in [0.15, 0.2) is 6.61 Å². The van der Waals surface area contributed by atoms with Crippen molar-refractivity contribution in [1.82, 2.24) is 14.8 Å². The van der Waals surface area contributed by atoms with E-state index in [9.17, 15) is 9.90 Å². The number of nitrogens with zero attached hydrogens (tertiary/aromatic N) is 3. The molecule has 162 valence electrons. The highest BCUT2D eigenvalue weighted by atomic mass is 32.1. The molecule has 0 saturated carbocycles. The van der Waals surface area contributed by atoms with Gasteiger partial charge in [-0.25, -0.2) is 4.98 Å². The van der Waals surface area contributed by atoms with Gasteiger partial charge in [-0.2, -0.15) is 0 Å². The van der Waals surface area contributed by atoms with Crippen molar-refractivity contribution in [3.05, 3.63) is 34.7 Å². The van der Waals surface area contributed by atoms with Crippen LogP contribution in [0.25, 0.3) is 11.3 Å². The van der Waals surface area contributed by atoms with Crippen molar-refractivity contribution < 1.29 is 19.4 Å². The Morgan fingerprint density at radius 2 is 1.93 bits per heavy atom. The molecule has 0 bridgehead atoms. The van der Waals surface area contributed by atoms with Crippen LogP contribution < -0.4 is 4.74 Å². The SMILES string of the molecule is Cc1nc(-c2ccc(OCC(=O)N3CC[C@H](O)[C@@H](N4CCOCC4)CC3)cc2)cs1. The van der Waals surface area contributed by atoms with Gasteiger partial charge in [-0.15, -0.1) is 11.3 Å². The van der Waals surface area contributed by atoms with E-state index in [-0.39, 0.29) is 18.6 Å². The molecule has 30 heavy (non-hydrogen) atoms. The number of hydrogen-bond donors (Lipinski definition) is 1. The van der Waals surface area contributed by atoms with Crippen LogP contribution in [0.15, 0.2) is 29.6 Å². The van der Waals surface area contributed by atoms with E-state index in [0.717, 1.165) is 35.8 Å². The highest BCUT2D eigenvalue weighted by Crippen LogP contribution is 2.24. The van der Waals surface area contributed by atoms with Gasteiger partial charge in [-0.05, 0) is 44.0 Å². The van der Waals surface area contributed by atoms with Gasteiger partial charge in [0, 0.05) is 43.2 Å². The third kappa shape index (κ3) is 5.18. The molecule has 2 aliphatic rings. The molecule has 1 N–H and O–H groups in total. The molecular formula is C22H29N3O4S. The molecule has 3 heterocycles. The van der Waals surface area contributed by atoms with Gasteiger partial charge >= 0.3 is 0 Å². The predicted molar refractivity (Wildman–Crippen MR) is 116 cm³/mol. The molecule has 0 spiro atoms. The summed E-state index contributed by atoms with van der Waals surface area (Å²) in [7, 11) is 0. The number of morpholine rings is 1. The molecule has 8 heteroatoms. The largest absolute Gasteiger partial charge is 0.484 e. The van der Waals surface area contributed by atoms with Crippen molar-refractivity contribution in [2.75, 3.05) is 46.0 Å². The quantitative estimate of drug-likeness (QED) is 0.782. The van der Waals surface area contributed by atoms with Gasteiger partial charge in [0.25, 0.3) is 5.91 Å². The smallest absolute Gasteiger partial charge is 0.260 e. The summed E-state index contributed by atoms with van der Waals surface area (Å²) in [5.74, 6) is 0.629. The Kier molecular flexibility index (Phi) is 6.99. The normalized spacial score (nSPS) is 23.2. The zero-order valence-electron chi connectivity index (χ0n) is 17.3. The van der Waals surface area contributed by atoms with Crippen LogP contribution in [0.1, 0.15) is 17.8 Å². The molecule has 0 unspecified atom stereocenters. The average molecular weight is 432 g/mol. The number of ether oxygens (including phenoxy) is 2. The number of aromatic nitrogens is 1. The van der Waals surface area contributed by atoms with E-state index in [1.54, 1.807) is 11.3 Å². The van der Waals surface area contributed by atoms with Crippen LogP contribution in [0.5, 0.6) is 5.75 Å². The lowest BCUT2D eigenvalue weighted by atomic mass is 10.0. The van der Waals surface area contributed by atoms with Crippen molar-refractivity contribution in [1.29, 1.82) is 0 Å². The molecule has 2 atom stereocenters. The lowest BCUT2D eigenvalue weighted by Gasteiger charge is -2.36. The monoisotopic (exact) mass is 431 g/mol. The third-order valence-corrected chi connectivity index (χ3v) is 6.61. The van der Waals surface area contributed by atoms with Crippen LogP contribution >= 0.6 is 11.3 Å². The molecule has 1 aromatic heterocycles. The molecule has 1 aromatic carbocycles. The average Bonchev–Trinajstić information content (AvgIpc) is 3.11. The Labute approximate surface area is 181 Å². The first-order chi connectivity index (χ1) is 14.6. The highest BCUT2D eigenvalue weighted by molar-refractivity contribution is 7.09. The second-order valence-corrected chi connectivity index (χ2v) is 8.87. The van der Waals surface area contributed by atoms with Gasteiger partial charge in [0.1, 0.15) is 5.75 Å². The summed E-state index contributed by atoms with van der Waals surface area (Å²) >= 11 is 1.62. The van der Waals surface area contributed by atoms with Gasteiger partial charge in [-0.3, -0.25) is 9.69 Å². The van der Waals surface area contributed by atoms with Crippen LogP contribution in [0.3, 0.4) is 0 Å². The Morgan fingerprint density at radius 3 is 2.63 bits per heavy atom. The summed E-state index contributed by atoms with van der Waals surface area (Å²) in [4.78, 5) is 21.3. The van der Waals surface area contributed by atoms with Gasteiger partial charge in [0.2, 0.25) is 0 Å². The maximum Gasteiger partial charge on any atom is 0.260 e. The van der Waals surface area contributed by atoms with Crippen LogP contribution in [0.4, 0.5) is 0 Å². The summed E-state index contributed by atoms with van der Waals surface area (Å²) in [6, 6.07) is 7.76. The third-order valence-electron chi connectivity index (χ3n) is 5.83. The minimum atomic E-state index is -0.413. The molecule has 2 aliphatic heterocycles. The topological polar surface area (TPSA) is 75.1 Å². The van der Waals surface area contributed by atoms with Crippen LogP contribution in [0.2, 0.25) is 0 Å². The van der Waals surface area contributed by atoms with E-state index in [2.05, 4.69) is 9.88 Å². The van der Waals surface area contributed by atoms with E-state index in [1.807, 2.05) is 41.5 Å². The zero-order valence-corrected chi connectivity index (χ0v) is 18.1. The fraction of sp³-hybridized carbons (Fsp3) is 0.545. The molecule has 7 nitrogen and oxygen atoms in total. The van der Waals surface area contributed by atoms with Crippen molar-refractivity contribution in [2.45, 2.75) is 31.9 Å². The van der Waals surface area contributed by atoms with Crippen molar-refractivity contribution in [3.8, 4) is 17.0 Å². The van der Waals surface area contributed by atoms with Crippen LogP contribution in [-0.4, -0.2) is 83.9 Å². The second-order valence-electron chi connectivity index (χ2n) is 7.81. The number of carbonyl (C=O) groups excluding carboxylic acids is 1. The van der Waals surface area contributed by atoms with Crippen LogP contribution in [-0.2, 0) is 9.53 Å². The molecule has 2 aromatic rings. The summed E-state index contributed by atoms with van der Waals surface area (Å²) in [6.45, 7) is 6.30. The van der Waals surface area contributed by atoms with Gasteiger partial charge in [-0.1, -0.05) is 0 Å². The Morgan fingerprint density at radius 1 is 1.20 bits per heavy atom. The molecular weight excluding hydrogens is 402 g/mol. The predicted octanol–water partition coefficient (Wildman–Crippen LogP) is 2.18. The number of amides is 1. The summed E-state index contributed by atoms with van der Waals surface area (Å²) in [5, 5.41) is 13.6. The fourth-order valence-electron chi connectivity index (χ4n) is 4.11. The Hall–Kier alpha value is -2.00. The molecule has 1 amide bonds. The Balaban J connectivity index is 1.28. The van der Waals surface area contributed by atoms with E-state index < -0.39 is 6.10 Å². The number of benzene rings is 1. The Bertz CT molecular complexity index is 835. The van der Waals surface area contributed by atoms with E-state index >= 15 is 0 Å². The fourth-order valence-corrected chi connectivity index (χ4v) is 4.73. The maximum atomic E-state index is 12.7. The first kappa shape index (κ1) is 21.2. The molecule has 0 radical (unpaired) electrons. The first-order valence-corrected chi connectivity index (χ1v) is 11.4. The molecule has 4 rings (SSSR count). The summed E-state index contributed by atoms with van der Waals surface area (Å²) < 4.78 is 11.1. The van der Waals surface area contributed by atoms with Gasteiger partial charge in [0.05, 0.1) is 30.0 Å². The number of likely N-dealkylation sites (tertiary alicyclic amines) is 1. The molecule has 2 fully saturated rings. The number of aliphatic hydroxyl groups excluding tert-OH is 1. The standard InChI is InChI=1S/C22H29N3O4S/c1-16-23-19(15-30-16)17-2-4-18(5-3-17)29-14-22(27)25-8-6-20(21(26)7-9-25)24-10-12-28-13-11-24/h2-5,15,20-21,26H,6-14H2,1H3/t20-,21-/m0/s1. The number of rotatable bonds is 5. The minimum absolute atomic E-state index is 0.00741. The summed E-state index contributed by atoms with van der Waals surface area (Å²) in [5.41, 5.74) is 1.99. The van der Waals surface area contributed by atoms with E-state index in [1.165, 1.54) is 0 Å². The van der Waals surface area contributed by atoms with Gasteiger partial charge < -0.3 is 19.5 Å². The number of thiazole rings is 1. The van der Waals surface area contributed by atoms with Crippen molar-refractivity contribution >= 4 is 17.2 Å². The maximum absolute atomic E-state index is 12.7. The zero-order chi connectivity index (χ0) is 20.9. The van der Waals surface area contributed by atoms with Crippen molar-refractivity contribution in [2.24, 2.45) is 0 Å². The number of aliphatic hydroxyl groups is 1. The number of hydrogen-bond acceptors (Lipinski definition) is 7. The lowest BCUT2D eigenvalue weighted by molar-refractivity contribution is -0.133. The highest BCUT2D eigenvalue weighted by Gasteiger charge is 2.31. The number of aryl methyl sites for hydroxylation is 1. The molecule has 2 saturated heterocycles. The summed E-state index contributed by atoms with van der Waals surface area (Å²) in [6.07, 6.45) is 0.952. The van der Waals surface area contributed by atoms with Crippen LogP contribution in [0, 0.1) is 6.92 Å². The molecule has 0 aliphatic carbocycles. The second kappa shape index (κ2) is 9.87. The number of carbonyl (C=O) groups is 1. The van der Waals surface area contributed by atoms with E-state index in [4.69, 9.17) is 9.47 Å². The van der Waals surface area contributed by atoms with Crippen molar-refractivity contribution in [3.63, 3.8) is 0 Å². The van der Waals surface area contributed by atoms with E-state index in [0.29, 0.717) is 38.5 Å². The first-order valence-electron chi connectivity index (χ1n) is 10.5. The minimum Gasteiger partial charge on any atom is -0.484 e.